The molecule has 0 spiro atoms. The number of hydrogen-bond donors (Lipinski definition) is 0. The van der Waals surface area contributed by atoms with Crippen LogP contribution in [0.5, 0.6) is 0 Å². The van der Waals surface area contributed by atoms with Crippen molar-refractivity contribution in [2.24, 2.45) is 5.92 Å². The molecule has 2 unspecified atom stereocenters. The summed E-state index contributed by atoms with van der Waals surface area (Å²) in [6, 6.07) is 3.65. The van der Waals surface area contributed by atoms with Gasteiger partial charge in [0.05, 0.1) is 5.75 Å². The molecule has 1 saturated carbocycles. The zero-order valence-corrected chi connectivity index (χ0v) is 10.5. The van der Waals surface area contributed by atoms with E-state index in [0.29, 0.717) is 5.76 Å². The number of thioether (sulfide) groups is 1. The summed E-state index contributed by atoms with van der Waals surface area (Å²) in [5.74, 6) is 3.12. The van der Waals surface area contributed by atoms with Gasteiger partial charge in [0.1, 0.15) is 5.76 Å². The smallest absolute Gasteiger partial charge is 0.185 e. The molecule has 1 fully saturated rings. The molecular weight excluding hydrogens is 220 g/mol. The normalized spacial score (nSPS) is 25.6. The van der Waals surface area contributed by atoms with Gasteiger partial charge in [-0.1, -0.05) is 19.8 Å². The maximum atomic E-state index is 10.5. The molecule has 1 aromatic heterocycles. The van der Waals surface area contributed by atoms with Crippen LogP contribution in [-0.2, 0) is 5.75 Å². The average Bonchev–Trinajstić information content (AvgIpc) is 2.74. The Kier molecular flexibility index (Phi) is 4.10. The van der Waals surface area contributed by atoms with E-state index in [9.17, 15) is 4.79 Å². The number of carbonyl (C=O) groups is 1. The molecule has 0 amide bonds. The van der Waals surface area contributed by atoms with Crippen LogP contribution in [0.25, 0.3) is 0 Å². The third kappa shape index (κ3) is 3.14. The fraction of sp³-hybridized carbons (Fsp3) is 0.615. The number of aldehydes is 1. The number of rotatable bonds is 4. The molecule has 1 aliphatic carbocycles. The maximum Gasteiger partial charge on any atom is 0.185 e. The topological polar surface area (TPSA) is 30.2 Å². The van der Waals surface area contributed by atoms with Crippen LogP contribution in [0, 0.1) is 5.92 Å². The summed E-state index contributed by atoms with van der Waals surface area (Å²) >= 11 is 1.97. The van der Waals surface area contributed by atoms with Gasteiger partial charge in [-0.15, -0.1) is 0 Å². The van der Waals surface area contributed by atoms with Crippen molar-refractivity contribution >= 4 is 18.0 Å². The zero-order chi connectivity index (χ0) is 11.4. The number of hydrogen-bond acceptors (Lipinski definition) is 3. The lowest BCUT2D eigenvalue weighted by molar-refractivity contribution is 0.109. The van der Waals surface area contributed by atoms with E-state index < -0.39 is 0 Å². The van der Waals surface area contributed by atoms with Crippen molar-refractivity contribution in [2.75, 3.05) is 0 Å². The van der Waals surface area contributed by atoms with E-state index in [4.69, 9.17) is 4.42 Å². The largest absolute Gasteiger partial charge is 0.457 e. The van der Waals surface area contributed by atoms with Gasteiger partial charge in [-0.25, -0.2) is 0 Å². The van der Waals surface area contributed by atoms with E-state index >= 15 is 0 Å². The summed E-state index contributed by atoms with van der Waals surface area (Å²) in [7, 11) is 0. The highest BCUT2D eigenvalue weighted by atomic mass is 32.2. The van der Waals surface area contributed by atoms with Gasteiger partial charge in [-0.2, -0.15) is 11.8 Å². The first-order valence-corrected chi connectivity index (χ1v) is 6.98. The van der Waals surface area contributed by atoms with Crippen LogP contribution in [0.1, 0.15) is 48.9 Å². The molecule has 0 radical (unpaired) electrons. The first kappa shape index (κ1) is 11.8. The van der Waals surface area contributed by atoms with E-state index in [2.05, 4.69) is 6.92 Å². The molecule has 1 aliphatic rings. The Morgan fingerprint density at radius 2 is 2.38 bits per heavy atom. The Labute approximate surface area is 101 Å². The Morgan fingerprint density at radius 3 is 3.06 bits per heavy atom. The molecule has 1 heterocycles. The summed E-state index contributed by atoms with van der Waals surface area (Å²) < 4.78 is 5.36. The van der Waals surface area contributed by atoms with Crippen molar-refractivity contribution in [3.63, 3.8) is 0 Å². The lowest BCUT2D eigenvalue weighted by Gasteiger charge is -2.25. The van der Waals surface area contributed by atoms with Crippen molar-refractivity contribution < 1.29 is 9.21 Å². The van der Waals surface area contributed by atoms with Crippen molar-refractivity contribution in [2.45, 2.75) is 43.6 Å². The van der Waals surface area contributed by atoms with Gasteiger partial charge in [0.15, 0.2) is 12.0 Å². The van der Waals surface area contributed by atoms with Crippen LogP contribution in [-0.4, -0.2) is 11.5 Å². The highest BCUT2D eigenvalue weighted by Gasteiger charge is 2.19. The molecule has 16 heavy (non-hydrogen) atoms. The molecule has 3 heteroatoms. The number of carbonyl (C=O) groups excluding carboxylic acids is 1. The summed E-state index contributed by atoms with van der Waals surface area (Å²) in [6.45, 7) is 2.34. The van der Waals surface area contributed by atoms with E-state index in [1.165, 1.54) is 25.7 Å². The van der Waals surface area contributed by atoms with Crippen molar-refractivity contribution in [3.8, 4) is 0 Å². The van der Waals surface area contributed by atoms with Gasteiger partial charge in [0, 0.05) is 5.25 Å². The minimum absolute atomic E-state index is 0.438. The van der Waals surface area contributed by atoms with Crippen molar-refractivity contribution in [1.29, 1.82) is 0 Å². The van der Waals surface area contributed by atoms with E-state index in [1.54, 1.807) is 6.07 Å². The number of furan rings is 1. The molecule has 0 N–H and O–H groups in total. The van der Waals surface area contributed by atoms with Crippen LogP contribution in [0.15, 0.2) is 16.5 Å². The van der Waals surface area contributed by atoms with Gasteiger partial charge in [-0.3, -0.25) is 4.79 Å². The Bertz CT molecular complexity index is 345. The van der Waals surface area contributed by atoms with E-state index in [1.807, 2.05) is 17.8 Å². The lowest BCUT2D eigenvalue weighted by atomic mass is 9.91. The predicted octanol–water partition coefficient (Wildman–Crippen LogP) is 3.90. The maximum absolute atomic E-state index is 10.5. The molecule has 0 bridgehead atoms. The Morgan fingerprint density at radius 1 is 1.50 bits per heavy atom. The minimum Gasteiger partial charge on any atom is -0.457 e. The Hall–Kier alpha value is -0.700. The quantitative estimate of drug-likeness (QED) is 0.745. The van der Waals surface area contributed by atoms with E-state index in [0.717, 1.165) is 29.0 Å². The second-order valence-corrected chi connectivity index (χ2v) is 5.92. The third-order valence-corrected chi connectivity index (χ3v) is 4.50. The first-order chi connectivity index (χ1) is 7.78. The summed E-state index contributed by atoms with van der Waals surface area (Å²) in [5.41, 5.74) is 0. The summed E-state index contributed by atoms with van der Waals surface area (Å²) in [4.78, 5) is 10.5. The van der Waals surface area contributed by atoms with Gasteiger partial charge in [0.25, 0.3) is 0 Å². The SMILES string of the molecule is CC1CCCC(SCc2ccc(C=O)o2)C1. The highest BCUT2D eigenvalue weighted by Crippen LogP contribution is 2.33. The standard InChI is InChI=1S/C13H18O2S/c1-10-3-2-4-13(7-10)16-9-12-6-5-11(8-14)15-12/h5-6,8,10,13H,2-4,7,9H2,1H3. The van der Waals surface area contributed by atoms with E-state index in [-0.39, 0.29) is 0 Å². The highest BCUT2D eigenvalue weighted by molar-refractivity contribution is 7.99. The van der Waals surface area contributed by atoms with Gasteiger partial charge < -0.3 is 4.42 Å². The minimum atomic E-state index is 0.438. The molecule has 0 aromatic carbocycles. The second kappa shape index (κ2) is 5.58. The molecule has 2 atom stereocenters. The molecule has 1 aromatic rings. The molecule has 2 nitrogen and oxygen atoms in total. The third-order valence-electron chi connectivity index (χ3n) is 3.15. The van der Waals surface area contributed by atoms with Gasteiger partial charge >= 0.3 is 0 Å². The monoisotopic (exact) mass is 238 g/mol. The van der Waals surface area contributed by atoms with Gasteiger partial charge in [0.2, 0.25) is 0 Å². The Balaban J connectivity index is 1.80. The van der Waals surface area contributed by atoms with Crippen molar-refractivity contribution in [1.82, 2.24) is 0 Å². The molecule has 0 aliphatic heterocycles. The van der Waals surface area contributed by atoms with Crippen LogP contribution in [0.2, 0.25) is 0 Å². The lowest BCUT2D eigenvalue weighted by Crippen LogP contribution is -2.15. The fourth-order valence-electron chi connectivity index (χ4n) is 2.27. The first-order valence-electron chi connectivity index (χ1n) is 5.93. The molecular formula is C13H18O2S. The van der Waals surface area contributed by atoms with Crippen LogP contribution in [0.4, 0.5) is 0 Å². The molecule has 88 valence electrons. The van der Waals surface area contributed by atoms with Crippen LogP contribution >= 0.6 is 11.8 Å². The van der Waals surface area contributed by atoms with Crippen LogP contribution in [0.3, 0.4) is 0 Å². The summed E-state index contributed by atoms with van der Waals surface area (Å²) in [6.07, 6.45) is 6.16. The summed E-state index contributed by atoms with van der Waals surface area (Å²) in [5, 5.41) is 0.772. The van der Waals surface area contributed by atoms with Gasteiger partial charge in [-0.05, 0) is 30.9 Å². The second-order valence-electron chi connectivity index (χ2n) is 4.63. The molecule has 2 rings (SSSR count). The van der Waals surface area contributed by atoms with Crippen molar-refractivity contribution in [3.05, 3.63) is 23.7 Å². The predicted molar refractivity (Wildman–Crippen MR) is 66.8 cm³/mol. The fourth-order valence-corrected chi connectivity index (χ4v) is 3.62. The average molecular weight is 238 g/mol. The zero-order valence-electron chi connectivity index (χ0n) is 9.65. The van der Waals surface area contributed by atoms with Crippen LogP contribution < -0.4 is 0 Å². The molecule has 0 saturated heterocycles.